The first-order chi connectivity index (χ1) is 20.4. The van der Waals surface area contributed by atoms with Gasteiger partial charge in [0.25, 0.3) is 0 Å². The Kier molecular flexibility index (Phi) is 11.5. The second kappa shape index (κ2) is 15.7. The van der Waals surface area contributed by atoms with E-state index in [0.29, 0.717) is 24.1 Å². The second-order valence-electron chi connectivity index (χ2n) is 10.6. The van der Waals surface area contributed by atoms with E-state index in [4.69, 9.17) is 9.47 Å². The average molecular weight is 575 g/mol. The smallest absolute Gasteiger partial charge is 0.420 e. The lowest BCUT2D eigenvalue weighted by atomic mass is 10.1. The fraction of sp³-hybridized carbons (Fsp3) is 0.438. The Balaban J connectivity index is 1.29. The van der Waals surface area contributed by atoms with Gasteiger partial charge in [0.05, 0.1) is 13.0 Å². The van der Waals surface area contributed by atoms with E-state index < -0.39 is 6.09 Å². The molecule has 4 rings (SSSR count). The molecule has 10 heteroatoms. The van der Waals surface area contributed by atoms with E-state index in [0.717, 1.165) is 36.4 Å². The van der Waals surface area contributed by atoms with E-state index in [2.05, 4.69) is 25.5 Å². The van der Waals surface area contributed by atoms with Gasteiger partial charge in [0, 0.05) is 37.6 Å². The highest BCUT2D eigenvalue weighted by molar-refractivity contribution is 5.87. The molecule has 10 nitrogen and oxygen atoms in total. The van der Waals surface area contributed by atoms with Crippen molar-refractivity contribution in [3.05, 3.63) is 66.4 Å². The van der Waals surface area contributed by atoms with E-state index in [9.17, 15) is 9.59 Å². The van der Waals surface area contributed by atoms with Gasteiger partial charge in [-0.05, 0) is 81.6 Å². The second-order valence-corrected chi connectivity index (χ2v) is 10.6. The van der Waals surface area contributed by atoms with Crippen molar-refractivity contribution in [1.29, 1.82) is 0 Å². The Bertz CT molecular complexity index is 1310. The van der Waals surface area contributed by atoms with Crippen LogP contribution in [0.5, 0.6) is 11.5 Å². The van der Waals surface area contributed by atoms with Crippen molar-refractivity contribution >= 4 is 29.5 Å². The summed E-state index contributed by atoms with van der Waals surface area (Å²) in [5, 5.41) is 6.13. The van der Waals surface area contributed by atoms with E-state index in [1.54, 1.807) is 37.5 Å². The minimum absolute atomic E-state index is 0.0732. The number of ether oxygens (including phenoxy) is 2. The molecule has 1 aliphatic rings. The van der Waals surface area contributed by atoms with Gasteiger partial charge in [-0.15, -0.1) is 0 Å². The number of rotatable bonds is 13. The standard InChI is InChI=1S/C32H42N6O4/c1-4-24(2)34-30(39)22-25-11-8-14-28(21-25)42-32(40)37(3)29-15-16-33-31(36-29)35-26-12-9-13-27(23-26)41-20-10-19-38-17-6-5-7-18-38/h8-9,11-16,21,23-24H,4-7,10,17-20,22H2,1-3H3,(H,34,39)(H,33,35,36). The van der Waals surface area contributed by atoms with Crippen molar-refractivity contribution in [1.82, 2.24) is 20.2 Å². The number of hydrogen-bond donors (Lipinski definition) is 2. The van der Waals surface area contributed by atoms with E-state index in [1.165, 1.54) is 37.3 Å². The first-order valence-electron chi connectivity index (χ1n) is 14.8. The number of carbonyl (C=O) groups is 2. The number of nitrogens with zero attached hydrogens (tertiary/aromatic N) is 4. The maximum absolute atomic E-state index is 12.9. The van der Waals surface area contributed by atoms with Gasteiger partial charge in [-0.25, -0.2) is 9.78 Å². The van der Waals surface area contributed by atoms with Crippen LogP contribution in [0.4, 0.5) is 22.2 Å². The summed E-state index contributed by atoms with van der Waals surface area (Å²) in [6, 6.07) is 16.4. The van der Waals surface area contributed by atoms with Crippen molar-refractivity contribution < 1.29 is 19.1 Å². The quantitative estimate of drug-likeness (QED) is 0.255. The zero-order chi connectivity index (χ0) is 29.7. The van der Waals surface area contributed by atoms with Crippen LogP contribution in [0.15, 0.2) is 60.8 Å². The van der Waals surface area contributed by atoms with Crippen molar-refractivity contribution in [3.63, 3.8) is 0 Å². The van der Waals surface area contributed by atoms with Crippen LogP contribution in [0.25, 0.3) is 0 Å². The SMILES string of the molecule is CCC(C)NC(=O)Cc1cccc(OC(=O)N(C)c2ccnc(Nc3cccc(OCCCN4CCCCC4)c3)n2)c1. The molecule has 0 bridgehead atoms. The number of hydrogen-bond acceptors (Lipinski definition) is 8. The van der Waals surface area contributed by atoms with Crippen molar-refractivity contribution in [2.45, 2.75) is 58.4 Å². The molecule has 1 aliphatic heterocycles. The highest BCUT2D eigenvalue weighted by Crippen LogP contribution is 2.22. The lowest BCUT2D eigenvalue weighted by molar-refractivity contribution is -0.121. The topological polar surface area (TPSA) is 109 Å². The Morgan fingerprint density at radius 3 is 2.64 bits per heavy atom. The molecule has 0 radical (unpaired) electrons. The van der Waals surface area contributed by atoms with Crippen LogP contribution in [0, 0.1) is 0 Å². The molecule has 1 fully saturated rings. The molecule has 3 aromatic rings. The Morgan fingerprint density at radius 2 is 1.83 bits per heavy atom. The molecule has 1 unspecified atom stereocenters. The van der Waals surface area contributed by atoms with Gasteiger partial charge in [0.2, 0.25) is 11.9 Å². The molecule has 2 N–H and O–H groups in total. The molecule has 2 amide bonds. The maximum atomic E-state index is 12.9. The van der Waals surface area contributed by atoms with E-state index in [-0.39, 0.29) is 18.4 Å². The number of amides is 2. The van der Waals surface area contributed by atoms with Crippen LogP contribution in [-0.2, 0) is 11.2 Å². The zero-order valence-corrected chi connectivity index (χ0v) is 24.8. The molecule has 1 atom stereocenters. The van der Waals surface area contributed by atoms with Crippen molar-refractivity contribution in [2.24, 2.45) is 0 Å². The number of likely N-dealkylation sites (tertiary alicyclic amines) is 1. The molecular weight excluding hydrogens is 532 g/mol. The highest BCUT2D eigenvalue weighted by Gasteiger charge is 2.17. The van der Waals surface area contributed by atoms with E-state index in [1.807, 2.05) is 44.2 Å². The summed E-state index contributed by atoms with van der Waals surface area (Å²) in [4.78, 5) is 37.7. The predicted octanol–water partition coefficient (Wildman–Crippen LogP) is 5.57. The third-order valence-corrected chi connectivity index (χ3v) is 7.17. The molecule has 0 spiro atoms. The summed E-state index contributed by atoms with van der Waals surface area (Å²) >= 11 is 0. The number of aromatic nitrogens is 2. The first kappa shape index (κ1) is 30.8. The lowest BCUT2D eigenvalue weighted by Crippen LogP contribution is -2.33. The lowest BCUT2D eigenvalue weighted by Gasteiger charge is -2.26. The largest absolute Gasteiger partial charge is 0.493 e. The van der Waals surface area contributed by atoms with Gasteiger partial charge in [0.15, 0.2) is 0 Å². The van der Waals surface area contributed by atoms with Crippen molar-refractivity contribution in [3.8, 4) is 11.5 Å². The summed E-state index contributed by atoms with van der Waals surface area (Å²) in [6.07, 6.45) is 6.95. The number of piperidine rings is 1. The molecular formula is C32H42N6O4. The monoisotopic (exact) mass is 574 g/mol. The minimum Gasteiger partial charge on any atom is -0.493 e. The average Bonchev–Trinajstić information content (AvgIpc) is 3.00. The molecule has 42 heavy (non-hydrogen) atoms. The van der Waals surface area contributed by atoms with Crippen LogP contribution < -0.4 is 25.0 Å². The third kappa shape index (κ3) is 9.73. The Labute approximate surface area is 248 Å². The third-order valence-electron chi connectivity index (χ3n) is 7.17. The van der Waals surface area contributed by atoms with Crippen LogP contribution in [0.3, 0.4) is 0 Å². The molecule has 1 saturated heterocycles. The first-order valence-corrected chi connectivity index (χ1v) is 14.8. The maximum Gasteiger partial charge on any atom is 0.420 e. The van der Waals surface area contributed by atoms with Gasteiger partial charge >= 0.3 is 6.09 Å². The Morgan fingerprint density at radius 1 is 1.05 bits per heavy atom. The number of anilines is 3. The zero-order valence-electron chi connectivity index (χ0n) is 24.8. The van der Waals surface area contributed by atoms with Gasteiger partial charge in [-0.1, -0.05) is 31.5 Å². The van der Waals surface area contributed by atoms with E-state index >= 15 is 0 Å². The predicted molar refractivity (Wildman–Crippen MR) is 165 cm³/mol. The summed E-state index contributed by atoms with van der Waals surface area (Å²) in [5.74, 6) is 1.75. The minimum atomic E-state index is -0.610. The number of benzene rings is 2. The molecule has 1 aromatic heterocycles. The fourth-order valence-electron chi connectivity index (χ4n) is 4.65. The summed E-state index contributed by atoms with van der Waals surface area (Å²) in [7, 11) is 1.58. The van der Waals surface area contributed by atoms with Crippen LogP contribution in [0.2, 0.25) is 0 Å². The molecule has 2 heterocycles. The van der Waals surface area contributed by atoms with Gasteiger partial charge < -0.3 is 25.0 Å². The van der Waals surface area contributed by atoms with Gasteiger partial charge in [-0.2, -0.15) is 4.98 Å². The van der Waals surface area contributed by atoms with Gasteiger partial charge in [-0.3, -0.25) is 9.69 Å². The fourth-order valence-corrected chi connectivity index (χ4v) is 4.65. The van der Waals surface area contributed by atoms with Crippen LogP contribution >= 0.6 is 0 Å². The molecule has 2 aromatic carbocycles. The number of nitrogens with one attached hydrogen (secondary N) is 2. The van der Waals surface area contributed by atoms with Crippen LogP contribution in [-0.4, -0.2) is 66.2 Å². The molecule has 0 aliphatic carbocycles. The molecule has 224 valence electrons. The summed E-state index contributed by atoms with van der Waals surface area (Å²) < 4.78 is 11.5. The van der Waals surface area contributed by atoms with Crippen molar-refractivity contribution in [2.75, 3.05) is 43.5 Å². The molecule has 0 saturated carbocycles. The van der Waals surface area contributed by atoms with Gasteiger partial charge in [0.1, 0.15) is 17.3 Å². The number of carbonyl (C=O) groups excluding carboxylic acids is 2. The van der Waals surface area contributed by atoms with Crippen LogP contribution in [0.1, 0.15) is 51.5 Å². The highest BCUT2D eigenvalue weighted by atomic mass is 16.6. The summed E-state index contributed by atoms with van der Waals surface area (Å²) in [6.45, 7) is 8.09. The Hall–Kier alpha value is -4.18. The normalized spacial score (nSPS) is 14.1. The summed E-state index contributed by atoms with van der Waals surface area (Å²) in [5.41, 5.74) is 1.53.